The number of nitrogens with one attached hydrogen (secondary N) is 2. The molecule has 0 spiro atoms. The third-order valence-corrected chi connectivity index (χ3v) is 1.60. The van der Waals surface area contributed by atoms with E-state index in [0.29, 0.717) is 5.70 Å². The van der Waals surface area contributed by atoms with Crippen LogP contribution in [-0.2, 0) is 4.79 Å². The van der Waals surface area contributed by atoms with Gasteiger partial charge in [-0.2, -0.15) is 15.0 Å². The van der Waals surface area contributed by atoms with Crippen molar-refractivity contribution in [2.75, 3.05) is 17.2 Å². The second-order valence-corrected chi connectivity index (χ2v) is 3.19. The number of rotatable bonds is 0. The number of anilines is 3. The van der Waals surface area contributed by atoms with E-state index in [-0.39, 0.29) is 30.2 Å². The summed E-state index contributed by atoms with van der Waals surface area (Å²) >= 11 is 0. The number of hydrogen-bond acceptors (Lipinski definition) is 8. The molecule has 0 unspecified atom stereocenters. The Morgan fingerprint density at radius 3 is 1.72 bits per heavy atom. The first-order chi connectivity index (χ1) is 8.36. The van der Waals surface area contributed by atoms with Crippen molar-refractivity contribution in [1.82, 2.24) is 25.6 Å². The molecule has 10 heteroatoms. The van der Waals surface area contributed by atoms with Crippen molar-refractivity contribution < 1.29 is 9.59 Å². The Balaban J connectivity index is 0.000000180. The molecule has 0 aromatic carbocycles. The summed E-state index contributed by atoms with van der Waals surface area (Å²) < 4.78 is 0. The van der Waals surface area contributed by atoms with Crippen LogP contribution in [0.5, 0.6) is 0 Å². The van der Waals surface area contributed by atoms with Crippen LogP contribution < -0.4 is 27.8 Å². The SMILES string of the molecule is C=C1CC(=O)NC(=O)N1.Nc1nc(N)nc(N)n1. The highest BCUT2D eigenvalue weighted by Gasteiger charge is 2.15. The van der Waals surface area contributed by atoms with Crippen LogP contribution in [0, 0.1) is 0 Å². The third kappa shape index (κ3) is 4.30. The van der Waals surface area contributed by atoms with E-state index >= 15 is 0 Å². The summed E-state index contributed by atoms with van der Waals surface area (Å²) in [5.74, 6) is -0.177. The standard InChI is InChI=1S/C5H6N2O2.C3H6N6/c1-3-2-4(8)7-5(9)6-3;4-1-7-2(5)9-3(6)8-1/h1-2H2,(H2,6,7,8,9);(H6,4,5,6,7,8,9). The van der Waals surface area contributed by atoms with Gasteiger partial charge in [-0.3, -0.25) is 10.1 Å². The number of hydrogen-bond donors (Lipinski definition) is 5. The van der Waals surface area contributed by atoms with Gasteiger partial charge in [-0.1, -0.05) is 6.58 Å². The Labute approximate surface area is 102 Å². The summed E-state index contributed by atoms with van der Waals surface area (Å²) in [7, 11) is 0. The number of carbonyl (C=O) groups is 2. The van der Waals surface area contributed by atoms with Gasteiger partial charge >= 0.3 is 6.03 Å². The van der Waals surface area contributed by atoms with Crippen molar-refractivity contribution >= 4 is 29.8 Å². The lowest BCUT2D eigenvalue weighted by Gasteiger charge is -2.13. The average Bonchev–Trinajstić information content (AvgIpc) is 2.12. The number of nitrogen functional groups attached to an aromatic ring is 3. The second kappa shape index (κ2) is 5.43. The molecule has 3 amide bonds. The van der Waals surface area contributed by atoms with Gasteiger partial charge in [0.25, 0.3) is 0 Å². The Hall–Kier alpha value is -2.91. The highest BCUT2D eigenvalue weighted by Crippen LogP contribution is 1.97. The molecule has 2 heterocycles. The molecule has 10 nitrogen and oxygen atoms in total. The number of urea groups is 1. The lowest BCUT2D eigenvalue weighted by molar-refractivity contribution is -0.119. The zero-order valence-corrected chi connectivity index (χ0v) is 9.30. The van der Waals surface area contributed by atoms with Crippen LogP contribution in [0.3, 0.4) is 0 Å². The highest BCUT2D eigenvalue weighted by atomic mass is 16.2. The molecule has 0 saturated carbocycles. The van der Waals surface area contributed by atoms with E-state index < -0.39 is 6.03 Å². The van der Waals surface area contributed by atoms with Gasteiger partial charge in [-0.05, 0) is 0 Å². The van der Waals surface area contributed by atoms with Crippen molar-refractivity contribution in [3.8, 4) is 0 Å². The quantitative estimate of drug-likeness (QED) is 0.364. The van der Waals surface area contributed by atoms with Crippen LogP contribution in [0.1, 0.15) is 6.42 Å². The fourth-order valence-electron chi connectivity index (χ4n) is 1.03. The second-order valence-electron chi connectivity index (χ2n) is 3.19. The summed E-state index contributed by atoms with van der Waals surface area (Å²) in [6, 6.07) is -0.490. The van der Waals surface area contributed by atoms with E-state index in [1.54, 1.807) is 0 Å². The summed E-state index contributed by atoms with van der Waals surface area (Å²) in [5.41, 5.74) is 15.9. The molecule has 1 aliphatic rings. The van der Waals surface area contributed by atoms with E-state index in [4.69, 9.17) is 17.2 Å². The maximum absolute atomic E-state index is 10.5. The van der Waals surface area contributed by atoms with Crippen LogP contribution in [0.2, 0.25) is 0 Å². The predicted molar refractivity (Wildman–Crippen MR) is 63.5 cm³/mol. The molecule has 1 saturated heterocycles. The van der Waals surface area contributed by atoms with Gasteiger partial charge in [0, 0.05) is 5.70 Å². The molecule has 0 radical (unpaired) electrons. The van der Waals surface area contributed by atoms with Gasteiger partial charge < -0.3 is 22.5 Å². The molecule has 0 bridgehead atoms. The van der Waals surface area contributed by atoms with Gasteiger partial charge in [0.15, 0.2) is 0 Å². The number of aromatic nitrogens is 3. The third-order valence-electron chi connectivity index (χ3n) is 1.60. The molecular formula is C8H12N8O2. The van der Waals surface area contributed by atoms with Gasteiger partial charge in [-0.15, -0.1) is 0 Å². The molecular weight excluding hydrogens is 240 g/mol. The monoisotopic (exact) mass is 252 g/mol. The molecule has 1 aromatic heterocycles. The molecule has 18 heavy (non-hydrogen) atoms. The van der Waals surface area contributed by atoms with Crippen molar-refractivity contribution in [3.63, 3.8) is 0 Å². The fraction of sp³-hybridized carbons (Fsp3) is 0.125. The fourth-order valence-corrected chi connectivity index (χ4v) is 1.03. The number of nitrogens with two attached hydrogens (primary N) is 3. The summed E-state index contributed by atoms with van der Waals surface area (Å²) in [6.07, 6.45) is 0.186. The Bertz CT molecular complexity index is 404. The molecule has 1 fully saturated rings. The van der Waals surface area contributed by atoms with Crippen molar-refractivity contribution in [2.45, 2.75) is 6.42 Å². The Morgan fingerprint density at radius 1 is 0.944 bits per heavy atom. The maximum atomic E-state index is 10.5. The van der Waals surface area contributed by atoms with Crippen LogP contribution in [0.25, 0.3) is 0 Å². The predicted octanol–water partition coefficient (Wildman–Crippen LogP) is -1.65. The van der Waals surface area contributed by atoms with Gasteiger partial charge in [0.1, 0.15) is 0 Å². The molecule has 96 valence electrons. The van der Waals surface area contributed by atoms with Gasteiger partial charge in [0.05, 0.1) is 6.42 Å². The van der Waals surface area contributed by atoms with Crippen molar-refractivity contribution in [1.29, 1.82) is 0 Å². The highest BCUT2D eigenvalue weighted by molar-refractivity contribution is 5.99. The summed E-state index contributed by atoms with van der Waals surface area (Å²) in [4.78, 5) is 31.3. The first-order valence-electron chi connectivity index (χ1n) is 4.68. The first kappa shape index (κ1) is 13.2. The lowest BCUT2D eigenvalue weighted by Crippen LogP contribution is -2.44. The van der Waals surface area contributed by atoms with E-state index in [1.807, 2.05) is 0 Å². The molecule has 0 aliphatic carbocycles. The minimum Gasteiger partial charge on any atom is -0.368 e. The zero-order valence-electron chi connectivity index (χ0n) is 9.30. The number of nitrogens with zero attached hydrogens (tertiary/aromatic N) is 3. The van der Waals surface area contributed by atoms with E-state index in [0.717, 1.165) is 0 Å². The lowest BCUT2D eigenvalue weighted by atomic mass is 10.3. The molecule has 1 aliphatic heterocycles. The van der Waals surface area contributed by atoms with E-state index in [9.17, 15) is 9.59 Å². The normalized spacial score (nSPS) is 14.1. The van der Waals surface area contributed by atoms with Crippen LogP contribution in [0.4, 0.5) is 22.6 Å². The zero-order chi connectivity index (χ0) is 13.7. The number of amides is 3. The molecule has 8 N–H and O–H groups in total. The molecule has 2 rings (SSSR count). The van der Waals surface area contributed by atoms with Crippen LogP contribution in [0.15, 0.2) is 12.3 Å². The molecule has 1 aromatic rings. The van der Waals surface area contributed by atoms with E-state index in [2.05, 4.69) is 32.2 Å². The smallest absolute Gasteiger partial charge is 0.325 e. The average molecular weight is 252 g/mol. The van der Waals surface area contributed by atoms with Crippen LogP contribution >= 0.6 is 0 Å². The van der Waals surface area contributed by atoms with Crippen molar-refractivity contribution in [2.24, 2.45) is 0 Å². The maximum Gasteiger partial charge on any atom is 0.325 e. The topological polar surface area (TPSA) is 175 Å². The Morgan fingerprint density at radius 2 is 1.39 bits per heavy atom. The minimum absolute atomic E-state index is 0.0417. The van der Waals surface area contributed by atoms with Crippen LogP contribution in [-0.4, -0.2) is 26.9 Å². The van der Waals surface area contributed by atoms with Gasteiger partial charge in [0.2, 0.25) is 23.8 Å². The molecule has 0 atom stereocenters. The van der Waals surface area contributed by atoms with E-state index in [1.165, 1.54) is 0 Å². The summed E-state index contributed by atoms with van der Waals surface area (Å²) in [5, 5.41) is 4.40. The Kier molecular flexibility index (Phi) is 3.97. The number of carbonyl (C=O) groups excluding carboxylic acids is 2. The van der Waals surface area contributed by atoms with Gasteiger partial charge in [-0.25, -0.2) is 4.79 Å². The summed E-state index contributed by atoms with van der Waals surface area (Å²) in [6.45, 7) is 3.42. The number of imide groups is 1. The first-order valence-corrected chi connectivity index (χ1v) is 4.68. The van der Waals surface area contributed by atoms with Crippen molar-refractivity contribution in [3.05, 3.63) is 12.3 Å². The minimum atomic E-state index is -0.490. The largest absolute Gasteiger partial charge is 0.368 e.